The number of nitrogens with two attached hydrogens (primary N) is 1. The lowest BCUT2D eigenvalue weighted by atomic mass is 9.98. The van der Waals surface area contributed by atoms with Gasteiger partial charge in [-0.15, -0.1) is 0 Å². The van der Waals surface area contributed by atoms with Crippen LogP contribution in [0.4, 0.5) is 0 Å². The van der Waals surface area contributed by atoms with Crippen LogP contribution < -0.4 is 10.5 Å². The second-order valence-corrected chi connectivity index (χ2v) is 3.62. The van der Waals surface area contributed by atoms with E-state index in [0.29, 0.717) is 19.1 Å². The van der Waals surface area contributed by atoms with Gasteiger partial charge in [-0.2, -0.15) is 0 Å². The third-order valence-electron chi connectivity index (χ3n) is 2.41. The fourth-order valence-electron chi connectivity index (χ4n) is 1.47. The first-order chi connectivity index (χ1) is 7.27. The number of hydrogen-bond donors (Lipinski definition) is 2. The summed E-state index contributed by atoms with van der Waals surface area (Å²) in [5.41, 5.74) is 6.78. The minimum absolute atomic E-state index is 0.0470. The Balaban J connectivity index is 2.55. The minimum Gasteiger partial charge on any atom is -0.491 e. The molecule has 0 heterocycles. The number of benzene rings is 1. The molecular weight excluding hydrogens is 190 g/mol. The zero-order valence-electron chi connectivity index (χ0n) is 9.15. The molecule has 1 aromatic rings. The molecule has 0 saturated heterocycles. The Morgan fingerprint density at radius 3 is 2.53 bits per heavy atom. The van der Waals surface area contributed by atoms with Gasteiger partial charge in [-0.1, -0.05) is 19.1 Å². The van der Waals surface area contributed by atoms with Crippen molar-refractivity contribution in [2.75, 3.05) is 19.8 Å². The predicted molar refractivity (Wildman–Crippen MR) is 61.1 cm³/mol. The first-order valence-corrected chi connectivity index (χ1v) is 5.31. The van der Waals surface area contributed by atoms with Gasteiger partial charge in [0, 0.05) is 0 Å². The van der Waals surface area contributed by atoms with Crippen LogP contribution in [0.25, 0.3) is 0 Å². The molecule has 0 spiro atoms. The number of aliphatic hydroxyl groups is 1. The molecule has 0 saturated carbocycles. The maximum atomic E-state index is 8.60. The van der Waals surface area contributed by atoms with Crippen LogP contribution in [0.5, 0.6) is 5.75 Å². The monoisotopic (exact) mass is 209 g/mol. The normalized spacial score (nSPS) is 12.5. The number of aliphatic hydroxyl groups excluding tert-OH is 1. The predicted octanol–water partition coefficient (Wildman–Crippen LogP) is 1.51. The summed E-state index contributed by atoms with van der Waals surface area (Å²) < 4.78 is 5.28. The van der Waals surface area contributed by atoms with Crippen LogP contribution in [0.1, 0.15) is 24.8 Å². The Hall–Kier alpha value is -1.06. The number of hydrogen-bond acceptors (Lipinski definition) is 3. The van der Waals surface area contributed by atoms with Crippen LogP contribution in [-0.2, 0) is 0 Å². The molecule has 84 valence electrons. The molecule has 0 aliphatic heterocycles. The highest BCUT2D eigenvalue weighted by Gasteiger charge is 2.04. The summed E-state index contributed by atoms with van der Waals surface area (Å²) in [6.45, 7) is 3.27. The molecule has 1 aromatic carbocycles. The van der Waals surface area contributed by atoms with Crippen molar-refractivity contribution < 1.29 is 9.84 Å². The molecule has 3 nitrogen and oxygen atoms in total. The molecule has 0 fully saturated rings. The van der Waals surface area contributed by atoms with Crippen LogP contribution in [0.2, 0.25) is 0 Å². The van der Waals surface area contributed by atoms with E-state index in [2.05, 4.69) is 6.92 Å². The van der Waals surface area contributed by atoms with Crippen molar-refractivity contribution in [2.45, 2.75) is 19.3 Å². The van der Waals surface area contributed by atoms with E-state index in [0.717, 1.165) is 12.2 Å². The zero-order valence-corrected chi connectivity index (χ0v) is 9.15. The quantitative estimate of drug-likeness (QED) is 0.746. The summed E-state index contributed by atoms with van der Waals surface area (Å²) >= 11 is 0. The molecule has 1 rings (SSSR count). The van der Waals surface area contributed by atoms with Crippen molar-refractivity contribution in [1.29, 1.82) is 0 Å². The van der Waals surface area contributed by atoms with Gasteiger partial charge in [-0.05, 0) is 36.6 Å². The van der Waals surface area contributed by atoms with Crippen LogP contribution in [-0.4, -0.2) is 24.9 Å². The topological polar surface area (TPSA) is 55.5 Å². The maximum Gasteiger partial charge on any atom is 0.119 e. The van der Waals surface area contributed by atoms with E-state index >= 15 is 0 Å². The smallest absolute Gasteiger partial charge is 0.119 e. The van der Waals surface area contributed by atoms with Gasteiger partial charge in [0.15, 0.2) is 0 Å². The van der Waals surface area contributed by atoms with Crippen LogP contribution >= 0.6 is 0 Å². The zero-order chi connectivity index (χ0) is 11.1. The summed E-state index contributed by atoms with van der Waals surface area (Å²) in [5.74, 6) is 1.29. The van der Waals surface area contributed by atoms with E-state index in [9.17, 15) is 0 Å². The number of ether oxygens (including phenoxy) is 1. The third kappa shape index (κ3) is 3.90. The highest BCUT2D eigenvalue weighted by Crippen LogP contribution is 2.21. The molecule has 0 aromatic heterocycles. The first kappa shape index (κ1) is 12.0. The van der Waals surface area contributed by atoms with E-state index in [-0.39, 0.29) is 6.61 Å². The maximum absolute atomic E-state index is 8.60. The highest BCUT2D eigenvalue weighted by atomic mass is 16.5. The van der Waals surface area contributed by atoms with Crippen molar-refractivity contribution in [1.82, 2.24) is 0 Å². The number of rotatable bonds is 6. The van der Waals surface area contributed by atoms with Crippen LogP contribution in [0, 0.1) is 0 Å². The van der Waals surface area contributed by atoms with Gasteiger partial charge < -0.3 is 15.6 Å². The first-order valence-electron chi connectivity index (χ1n) is 5.31. The van der Waals surface area contributed by atoms with E-state index in [1.165, 1.54) is 5.56 Å². The standard InChI is InChI=1S/C12H19NO2/c1-10(6-7-13)11-2-4-12(5-3-11)15-9-8-14/h2-5,10,14H,6-9,13H2,1H3. The fourth-order valence-corrected chi connectivity index (χ4v) is 1.47. The van der Waals surface area contributed by atoms with E-state index < -0.39 is 0 Å². The summed E-state index contributed by atoms with van der Waals surface area (Å²) in [6.07, 6.45) is 0.997. The van der Waals surface area contributed by atoms with E-state index in [1.54, 1.807) is 0 Å². The van der Waals surface area contributed by atoms with Crippen molar-refractivity contribution in [3.05, 3.63) is 29.8 Å². The van der Waals surface area contributed by atoms with Crippen molar-refractivity contribution in [3.63, 3.8) is 0 Å². The van der Waals surface area contributed by atoms with Crippen molar-refractivity contribution in [2.24, 2.45) is 5.73 Å². The van der Waals surface area contributed by atoms with Gasteiger partial charge in [-0.3, -0.25) is 0 Å². The van der Waals surface area contributed by atoms with Crippen LogP contribution in [0.3, 0.4) is 0 Å². The Morgan fingerprint density at radius 1 is 1.33 bits per heavy atom. The highest BCUT2D eigenvalue weighted by molar-refractivity contribution is 5.29. The van der Waals surface area contributed by atoms with E-state index in [1.807, 2.05) is 24.3 Å². The van der Waals surface area contributed by atoms with Gasteiger partial charge >= 0.3 is 0 Å². The Kier molecular flexibility index (Phi) is 5.15. The Labute approximate surface area is 90.9 Å². The molecule has 0 radical (unpaired) electrons. The summed E-state index contributed by atoms with van der Waals surface area (Å²) in [7, 11) is 0. The molecule has 15 heavy (non-hydrogen) atoms. The third-order valence-corrected chi connectivity index (χ3v) is 2.41. The van der Waals surface area contributed by atoms with Crippen molar-refractivity contribution in [3.8, 4) is 5.75 Å². The molecule has 1 atom stereocenters. The molecule has 3 heteroatoms. The summed E-state index contributed by atoms with van der Waals surface area (Å²) in [5, 5.41) is 8.60. The van der Waals surface area contributed by atoms with Gasteiger partial charge in [-0.25, -0.2) is 0 Å². The fraction of sp³-hybridized carbons (Fsp3) is 0.500. The Bertz CT molecular complexity index is 271. The largest absolute Gasteiger partial charge is 0.491 e. The average molecular weight is 209 g/mol. The van der Waals surface area contributed by atoms with Gasteiger partial charge in [0.05, 0.1) is 6.61 Å². The molecule has 0 amide bonds. The minimum atomic E-state index is 0.0470. The summed E-state index contributed by atoms with van der Waals surface area (Å²) in [4.78, 5) is 0. The Morgan fingerprint density at radius 2 is 2.00 bits per heavy atom. The molecular formula is C12H19NO2. The molecule has 1 unspecified atom stereocenters. The second kappa shape index (κ2) is 6.43. The van der Waals surface area contributed by atoms with Crippen molar-refractivity contribution >= 4 is 0 Å². The lowest BCUT2D eigenvalue weighted by molar-refractivity contribution is 0.201. The lowest BCUT2D eigenvalue weighted by Crippen LogP contribution is -2.05. The molecule has 0 aliphatic rings. The molecule has 0 bridgehead atoms. The SMILES string of the molecule is CC(CCN)c1ccc(OCCO)cc1. The van der Waals surface area contributed by atoms with Gasteiger partial charge in [0.25, 0.3) is 0 Å². The van der Waals surface area contributed by atoms with E-state index in [4.69, 9.17) is 15.6 Å². The average Bonchev–Trinajstić information content (AvgIpc) is 2.27. The van der Waals surface area contributed by atoms with Gasteiger partial charge in [0.1, 0.15) is 12.4 Å². The molecule has 3 N–H and O–H groups in total. The summed E-state index contributed by atoms with van der Waals surface area (Å²) in [6, 6.07) is 7.95. The lowest BCUT2D eigenvalue weighted by Gasteiger charge is -2.11. The molecule has 0 aliphatic carbocycles. The second-order valence-electron chi connectivity index (χ2n) is 3.62. The van der Waals surface area contributed by atoms with Crippen LogP contribution in [0.15, 0.2) is 24.3 Å². The van der Waals surface area contributed by atoms with Gasteiger partial charge in [0.2, 0.25) is 0 Å².